The van der Waals surface area contributed by atoms with Gasteiger partial charge >= 0.3 is 0 Å². The Morgan fingerprint density at radius 2 is 1.85 bits per heavy atom. The number of thiophene rings is 1. The quantitative estimate of drug-likeness (QED) is 0.693. The van der Waals surface area contributed by atoms with Gasteiger partial charge in [0.2, 0.25) is 11.7 Å². The number of fused-ring (bicyclic) bond motifs is 1. The molecule has 0 bridgehead atoms. The summed E-state index contributed by atoms with van der Waals surface area (Å²) in [5.74, 6) is 1.43. The maximum atomic E-state index is 5.49. The van der Waals surface area contributed by atoms with Crippen molar-refractivity contribution in [3.05, 3.63) is 58.8 Å². The van der Waals surface area contributed by atoms with Crippen molar-refractivity contribution in [2.24, 2.45) is 0 Å². The average molecular weight is 381 g/mol. The molecule has 5 rings (SSSR count). The molecule has 1 aliphatic heterocycles. The van der Waals surface area contributed by atoms with Crippen LogP contribution in [-0.4, -0.2) is 52.2 Å². The van der Waals surface area contributed by atoms with Gasteiger partial charge in [0.15, 0.2) is 0 Å². The van der Waals surface area contributed by atoms with Crippen molar-refractivity contribution in [3.63, 3.8) is 0 Å². The van der Waals surface area contributed by atoms with Crippen LogP contribution in [0.4, 0.5) is 0 Å². The first-order valence-corrected chi connectivity index (χ1v) is 10.6. The van der Waals surface area contributed by atoms with Crippen molar-refractivity contribution in [1.82, 2.24) is 19.9 Å². The molecule has 2 aliphatic rings. The van der Waals surface area contributed by atoms with Crippen LogP contribution >= 0.6 is 11.3 Å². The summed E-state index contributed by atoms with van der Waals surface area (Å²) in [6, 6.07) is 13.6. The van der Waals surface area contributed by atoms with E-state index in [1.165, 1.54) is 36.9 Å². The summed E-state index contributed by atoms with van der Waals surface area (Å²) in [5.41, 5.74) is 3.08. The SMILES string of the molecule is c1csc(-c2noc(CN3CCCN(C4Cc5ccccc5C4)CC3)n2)c1. The molecular weight excluding hydrogens is 356 g/mol. The first kappa shape index (κ1) is 17.1. The van der Waals surface area contributed by atoms with E-state index in [1.54, 1.807) is 11.3 Å². The molecule has 1 fully saturated rings. The lowest BCUT2D eigenvalue weighted by Gasteiger charge is -2.27. The molecule has 1 saturated heterocycles. The van der Waals surface area contributed by atoms with Crippen LogP contribution < -0.4 is 0 Å². The molecule has 0 spiro atoms. The van der Waals surface area contributed by atoms with Gasteiger partial charge in [-0.3, -0.25) is 9.80 Å². The highest BCUT2D eigenvalue weighted by molar-refractivity contribution is 7.13. The summed E-state index contributed by atoms with van der Waals surface area (Å²) in [4.78, 5) is 10.8. The number of hydrogen-bond donors (Lipinski definition) is 0. The predicted octanol–water partition coefficient (Wildman–Crippen LogP) is 3.47. The van der Waals surface area contributed by atoms with Crippen molar-refractivity contribution in [1.29, 1.82) is 0 Å². The van der Waals surface area contributed by atoms with Crippen LogP contribution in [0.1, 0.15) is 23.4 Å². The summed E-state index contributed by atoms with van der Waals surface area (Å²) in [6.45, 7) is 5.19. The standard InChI is InChI=1S/C21H24N4OS/c1-2-6-17-14-18(13-16(17)5-1)25-9-4-8-24(10-11-25)15-20-22-21(23-26-20)19-7-3-12-27-19/h1-3,5-7,12,18H,4,8-11,13-15H2. The van der Waals surface area contributed by atoms with Gasteiger partial charge in [0.05, 0.1) is 11.4 Å². The molecule has 1 aliphatic carbocycles. The van der Waals surface area contributed by atoms with E-state index in [2.05, 4.69) is 44.2 Å². The van der Waals surface area contributed by atoms with Crippen LogP contribution in [0.2, 0.25) is 0 Å². The topological polar surface area (TPSA) is 45.4 Å². The predicted molar refractivity (Wildman–Crippen MR) is 107 cm³/mol. The molecule has 1 aromatic carbocycles. The Labute approximate surface area is 163 Å². The van der Waals surface area contributed by atoms with E-state index in [4.69, 9.17) is 4.52 Å². The van der Waals surface area contributed by atoms with Crippen LogP contribution in [0, 0.1) is 0 Å². The number of rotatable bonds is 4. The molecule has 0 atom stereocenters. The fraction of sp³-hybridized carbons (Fsp3) is 0.429. The highest BCUT2D eigenvalue weighted by Crippen LogP contribution is 2.26. The Kier molecular flexibility index (Phi) is 4.78. The van der Waals surface area contributed by atoms with E-state index < -0.39 is 0 Å². The van der Waals surface area contributed by atoms with Crippen LogP contribution in [-0.2, 0) is 19.4 Å². The zero-order valence-corrected chi connectivity index (χ0v) is 16.2. The molecule has 0 amide bonds. The monoisotopic (exact) mass is 380 g/mol. The lowest BCUT2D eigenvalue weighted by molar-refractivity contribution is 0.193. The number of hydrogen-bond acceptors (Lipinski definition) is 6. The maximum Gasteiger partial charge on any atom is 0.241 e. The molecule has 5 nitrogen and oxygen atoms in total. The van der Waals surface area contributed by atoms with E-state index in [0.29, 0.717) is 11.9 Å². The second-order valence-electron chi connectivity index (χ2n) is 7.49. The van der Waals surface area contributed by atoms with Crippen molar-refractivity contribution in [2.75, 3.05) is 26.2 Å². The van der Waals surface area contributed by atoms with Crippen LogP contribution in [0.15, 0.2) is 46.3 Å². The lowest BCUT2D eigenvalue weighted by atomic mass is 10.1. The third kappa shape index (κ3) is 3.70. The molecule has 3 aromatic rings. The Hall–Kier alpha value is -2.02. The smallest absolute Gasteiger partial charge is 0.241 e. The van der Waals surface area contributed by atoms with Gasteiger partial charge in [-0.15, -0.1) is 11.3 Å². The molecule has 2 aromatic heterocycles. The Balaban J connectivity index is 1.19. The van der Waals surface area contributed by atoms with Crippen molar-refractivity contribution in [2.45, 2.75) is 31.8 Å². The Morgan fingerprint density at radius 1 is 1.00 bits per heavy atom. The van der Waals surface area contributed by atoms with Gasteiger partial charge in [-0.1, -0.05) is 35.5 Å². The third-order valence-electron chi connectivity index (χ3n) is 5.74. The Morgan fingerprint density at radius 3 is 2.63 bits per heavy atom. The number of aromatic nitrogens is 2. The molecule has 0 radical (unpaired) electrons. The van der Waals surface area contributed by atoms with Crippen LogP contribution in [0.5, 0.6) is 0 Å². The fourth-order valence-corrected chi connectivity index (χ4v) is 4.97. The maximum absolute atomic E-state index is 5.49. The third-order valence-corrected chi connectivity index (χ3v) is 6.60. The number of benzene rings is 1. The molecule has 0 unspecified atom stereocenters. The van der Waals surface area contributed by atoms with Gasteiger partial charge in [-0.05, 0) is 54.9 Å². The van der Waals surface area contributed by atoms with E-state index in [-0.39, 0.29) is 0 Å². The minimum Gasteiger partial charge on any atom is -0.338 e. The van der Waals surface area contributed by atoms with Gasteiger partial charge in [0.25, 0.3) is 0 Å². The summed E-state index contributed by atoms with van der Waals surface area (Å²) >= 11 is 1.64. The second-order valence-corrected chi connectivity index (χ2v) is 8.43. The van der Waals surface area contributed by atoms with Gasteiger partial charge in [0, 0.05) is 19.1 Å². The average Bonchev–Trinajstić information content (AvgIpc) is 3.40. The van der Waals surface area contributed by atoms with Crippen LogP contribution in [0.25, 0.3) is 10.7 Å². The first-order chi connectivity index (χ1) is 13.3. The van der Waals surface area contributed by atoms with Gasteiger partial charge in [-0.25, -0.2) is 0 Å². The summed E-state index contributed by atoms with van der Waals surface area (Å²) in [5, 5.41) is 6.17. The Bertz CT molecular complexity index is 866. The summed E-state index contributed by atoms with van der Waals surface area (Å²) < 4.78 is 5.49. The molecular formula is C21H24N4OS. The lowest BCUT2D eigenvalue weighted by Crippen LogP contribution is -2.38. The molecule has 6 heteroatoms. The summed E-state index contributed by atoms with van der Waals surface area (Å²) in [7, 11) is 0. The minimum absolute atomic E-state index is 0.663. The molecule has 140 valence electrons. The van der Waals surface area contributed by atoms with Crippen molar-refractivity contribution < 1.29 is 4.52 Å². The largest absolute Gasteiger partial charge is 0.338 e. The van der Waals surface area contributed by atoms with E-state index in [1.807, 2.05) is 17.5 Å². The first-order valence-electron chi connectivity index (χ1n) is 9.75. The van der Waals surface area contributed by atoms with E-state index in [9.17, 15) is 0 Å². The molecule has 3 heterocycles. The zero-order chi connectivity index (χ0) is 18.1. The zero-order valence-electron chi connectivity index (χ0n) is 15.4. The molecule has 27 heavy (non-hydrogen) atoms. The highest BCUT2D eigenvalue weighted by atomic mass is 32.1. The fourth-order valence-electron chi connectivity index (χ4n) is 4.32. The van der Waals surface area contributed by atoms with E-state index >= 15 is 0 Å². The van der Waals surface area contributed by atoms with E-state index in [0.717, 1.165) is 36.9 Å². The van der Waals surface area contributed by atoms with Gasteiger partial charge in [0.1, 0.15) is 0 Å². The second kappa shape index (κ2) is 7.54. The normalized spacial score (nSPS) is 19.3. The van der Waals surface area contributed by atoms with Crippen LogP contribution in [0.3, 0.4) is 0 Å². The van der Waals surface area contributed by atoms with Crippen molar-refractivity contribution in [3.8, 4) is 10.7 Å². The molecule has 0 saturated carbocycles. The van der Waals surface area contributed by atoms with Gasteiger partial charge in [-0.2, -0.15) is 4.98 Å². The number of nitrogens with zero attached hydrogens (tertiary/aromatic N) is 4. The highest BCUT2D eigenvalue weighted by Gasteiger charge is 2.28. The van der Waals surface area contributed by atoms with Crippen molar-refractivity contribution >= 4 is 11.3 Å². The summed E-state index contributed by atoms with van der Waals surface area (Å²) in [6.07, 6.45) is 3.59. The minimum atomic E-state index is 0.663. The van der Waals surface area contributed by atoms with Gasteiger partial charge < -0.3 is 4.52 Å². The molecule has 0 N–H and O–H groups in total.